The Morgan fingerprint density at radius 3 is 1.79 bits per heavy atom. The molecule has 9 N–H and O–H groups in total. The van der Waals surface area contributed by atoms with Gasteiger partial charge in [0.2, 0.25) is 5.91 Å². The van der Waals surface area contributed by atoms with Gasteiger partial charge < -0.3 is 89.8 Å². The molecule has 1 aliphatic carbocycles. The predicted molar refractivity (Wildman–Crippen MR) is 292 cm³/mol. The maximum absolute atomic E-state index is 14.0. The molecule has 0 spiro atoms. The zero-order valence-electron chi connectivity index (χ0n) is 48.7. The van der Waals surface area contributed by atoms with E-state index in [9.17, 15) is 69.4 Å². The van der Waals surface area contributed by atoms with Crippen LogP contribution in [0.2, 0.25) is 0 Å². The highest BCUT2D eigenvalue weighted by Gasteiger charge is 2.57. The Kier molecular flexibility index (Phi) is 22.6. The molecule has 5 rings (SSSR count). The van der Waals surface area contributed by atoms with Gasteiger partial charge >= 0.3 is 30.5 Å². The van der Waals surface area contributed by atoms with Crippen molar-refractivity contribution in [3.05, 3.63) is 91.7 Å². The highest BCUT2D eigenvalue weighted by molar-refractivity contribution is 5.81. The fraction of sp³-hybridized carbons (Fsp3) is 0.630. The Labute approximate surface area is 484 Å². The Hall–Kier alpha value is -7.64. The van der Waals surface area contributed by atoms with Gasteiger partial charge in [-0.3, -0.25) is 25.0 Å². The van der Waals surface area contributed by atoms with Crippen LogP contribution in [0.25, 0.3) is 0 Å². The normalized spacial score (nSPS) is 25.6. The summed E-state index contributed by atoms with van der Waals surface area (Å²) >= 11 is 0. The zero-order chi connectivity index (χ0) is 62.6. The molecule has 12 atom stereocenters. The molecule has 2 heterocycles. The number of aliphatic hydroxyl groups is 4. The van der Waals surface area contributed by atoms with Gasteiger partial charge in [-0.05, 0) is 130 Å². The van der Waals surface area contributed by atoms with Crippen molar-refractivity contribution in [2.75, 3.05) is 26.7 Å². The molecular weight excluding hydrogens is 1110 g/mol. The molecule has 2 aliphatic heterocycles. The standard InChI is InChI=1S/C54H78N8O22/c1-51(2,3)82-47(68)55-23-22-37(63)44(66)57-36-24-35(59-49(70)83-52(4,5)6)38(39(64)42(36)81-45-40(65)43(54(10,72)28-79-45)60(11)50(71)84-53(7,8)9)41-34(58-48(69)78-27-30-14-18-32(19-15-30)62(75)76)21-20-33(80-41)25-56-46(67)77-26-29-12-16-31(17-13-29)61(73)74/h12-20,34-43,45,63-65,72H,21-28H2,1-11H3,(H,55,68)(H,56,67)(H,57,66)(H,58,69)(H,59,70)/t34-,35+,36-,37+,38?,39+,40-,41+,42+,43-,45-,54+/m1/s1. The van der Waals surface area contributed by atoms with E-state index in [1.54, 1.807) is 62.3 Å². The largest absolute Gasteiger partial charge is 0.491 e. The molecule has 30 heteroatoms. The summed E-state index contributed by atoms with van der Waals surface area (Å²) in [5.41, 5.74) is -4.53. The molecule has 0 bridgehead atoms. The van der Waals surface area contributed by atoms with Gasteiger partial charge in [0.05, 0.1) is 47.2 Å². The highest BCUT2D eigenvalue weighted by atomic mass is 16.7. The summed E-state index contributed by atoms with van der Waals surface area (Å²) in [6.07, 6.45) is -15.0. The minimum absolute atomic E-state index is 0.0325. The number of non-ortho nitro benzene ring substituents is 2. The number of ether oxygens (including phenoxy) is 8. The number of hydrogen-bond donors (Lipinski definition) is 9. The number of carbonyl (C=O) groups excluding carboxylic acids is 6. The van der Waals surface area contributed by atoms with E-state index in [1.807, 2.05) is 0 Å². The molecule has 2 fully saturated rings. The minimum atomic E-state index is -1.99. The number of carbonyl (C=O) groups is 6. The monoisotopic (exact) mass is 1190 g/mol. The van der Waals surface area contributed by atoms with E-state index < -0.39 is 149 Å². The number of aliphatic hydroxyl groups excluding tert-OH is 3. The number of benzene rings is 2. The fourth-order valence-corrected chi connectivity index (χ4v) is 9.40. The van der Waals surface area contributed by atoms with E-state index in [4.69, 9.17) is 37.9 Å². The number of nitro benzene ring substituents is 2. The van der Waals surface area contributed by atoms with Gasteiger partial charge in [-0.1, -0.05) is 0 Å². The second-order valence-electron chi connectivity index (χ2n) is 23.7. The first kappa shape index (κ1) is 67.2. The molecule has 3 aliphatic rings. The smallest absolute Gasteiger partial charge is 0.410 e. The van der Waals surface area contributed by atoms with Gasteiger partial charge in [-0.2, -0.15) is 0 Å². The molecule has 2 aromatic carbocycles. The molecule has 2 aromatic rings. The van der Waals surface area contributed by atoms with Gasteiger partial charge in [-0.15, -0.1) is 0 Å². The summed E-state index contributed by atoms with van der Waals surface area (Å²) < 4.78 is 46.2. The van der Waals surface area contributed by atoms with E-state index >= 15 is 0 Å². The van der Waals surface area contributed by atoms with Crippen molar-refractivity contribution in [1.29, 1.82) is 0 Å². The van der Waals surface area contributed by atoms with Crippen molar-refractivity contribution in [2.24, 2.45) is 5.92 Å². The predicted octanol–water partition coefficient (Wildman–Crippen LogP) is 3.82. The van der Waals surface area contributed by atoms with Crippen molar-refractivity contribution in [2.45, 2.75) is 185 Å². The lowest BCUT2D eigenvalue weighted by Gasteiger charge is -2.52. The Morgan fingerprint density at radius 1 is 0.726 bits per heavy atom. The van der Waals surface area contributed by atoms with E-state index in [0.29, 0.717) is 11.1 Å². The lowest BCUT2D eigenvalue weighted by molar-refractivity contribution is -0.385. The van der Waals surface area contributed by atoms with Crippen LogP contribution in [0, 0.1) is 26.1 Å². The third kappa shape index (κ3) is 20.0. The molecule has 6 amide bonds. The van der Waals surface area contributed by atoms with Crippen LogP contribution in [-0.2, 0) is 55.9 Å². The number of nitro groups is 2. The molecule has 1 saturated carbocycles. The van der Waals surface area contributed by atoms with E-state index in [0.717, 1.165) is 4.90 Å². The van der Waals surface area contributed by atoms with Crippen molar-refractivity contribution in [3.8, 4) is 0 Å². The van der Waals surface area contributed by atoms with Crippen LogP contribution < -0.4 is 26.6 Å². The van der Waals surface area contributed by atoms with Gasteiger partial charge in [0, 0.05) is 49.8 Å². The van der Waals surface area contributed by atoms with Crippen LogP contribution in [0.15, 0.2) is 60.4 Å². The van der Waals surface area contributed by atoms with Crippen LogP contribution in [0.5, 0.6) is 0 Å². The van der Waals surface area contributed by atoms with E-state index in [2.05, 4.69) is 26.6 Å². The molecule has 1 unspecified atom stereocenters. The van der Waals surface area contributed by atoms with Crippen LogP contribution in [0.3, 0.4) is 0 Å². The topological polar surface area (TPSA) is 407 Å². The molecule has 0 aromatic heterocycles. The number of likely N-dealkylation sites (N-methyl/N-ethyl adjacent to an activating group) is 1. The highest BCUT2D eigenvalue weighted by Crippen LogP contribution is 2.39. The van der Waals surface area contributed by atoms with Crippen molar-refractivity contribution in [3.63, 3.8) is 0 Å². The van der Waals surface area contributed by atoms with Crippen LogP contribution in [-0.4, -0.2) is 182 Å². The van der Waals surface area contributed by atoms with Crippen LogP contribution in [0.1, 0.15) is 99.6 Å². The van der Waals surface area contributed by atoms with Crippen molar-refractivity contribution in [1.82, 2.24) is 31.5 Å². The third-order valence-electron chi connectivity index (χ3n) is 13.1. The van der Waals surface area contributed by atoms with Gasteiger partial charge in [-0.25, -0.2) is 24.0 Å². The first-order valence-electron chi connectivity index (χ1n) is 26.9. The number of rotatable bonds is 19. The molecule has 466 valence electrons. The average molecular weight is 1190 g/mol. The molecule has 0 radical (unpaired) electrons. The van der Waals surface area contributed by atoms with Gasteiger partial charge in [0.25, 0.3) is 11.4 Å². The van der Waals surface area contributed by atoms with Gasteiger partial charge in [0.15, 0.2) is 6.29 Å². The number of nitrogens with one attached hydrogen (secondary N) is 5. The molecule has 30 nitrogen and oxygen atoms in total. The maximum atomic E-state index is 14.0. The Bertz CT molecular complexity index is 2670. The maximum Gasteiger partial charge on any atom is 0.410 e. The molecular formula is C54H78N8O22. The minimum Gasteiger partial charge on any atom is -0.491 e. The third-order valence-corrected chi connectivity index (χ3v) is 13.1. The van der Waals surface area contributed by atoms with Crippen molar-refractivity contribution < 1.29 is 96.9 Å². The number of alkyl carbamates (subject to hydrolysis) is 4. The lowest BCUT2D eigenvalue weighted by Crippen LogP contribution is -2.71. The van der Waals surface area contributed by atoms with Crippen molar-refractivity contribution >= 4 is 47.7 Å². The fourth-order valence-electron chi connectivity index (χ4n) is 9.40. The molecule has 1 saturated heterocycles. The van der Waals surface area contributed by atoms with E-state index in [-0.39, 0.29) is 56.3 Å². The summed E-state index contributed by atoms with van der Waals surface area (Å²) in [4.78, 5) is 103. The number of hydrogen-bond acceptors (Lipinski definition) is 22. The molecule has 84 heavy (non-hydrogen) atoms. The second-order valence-corrected chi connectivity index (χ2v) is 23.7. The summed E-state index contributed by atoms with van der Waals surface area (Å²) in [5.74, 6) is -2.50. The first-order chi connectivity index (χ1) is 39.0. The van der Waals surface area contributed by atoms with Crippen LogP contribution >= 0.6 is 0 Å². The Morgan fingerprint density at radius 2 is 1.25 bits per heavy atom. The SMILES string of the molecule is CN(C(=O)OC(C)(C)C)[C@@H]1[C@@H](O)[C@@H](O[C@H]2[C@H](NC(=O)[C@@H](O)CCNC(=O)OC(C)(C)C)C[C@H](NC(=O)OC(C)(C)C)C([C@H]3OC(CNC(=O)OCc4ccc([N+](=O)[O-])cc4)=CC[C@H]3NC(=O)OCc3ccc([N+](=O)[O-])cc3)[C@@H]2O)OC[C@]1(C)O. The summed E-state index contributed by atoms with van der Waals surface area (Å²) in [6, 6.07) is 4.95. The number of amides is 6. The van der Waals surface area contributed by atoms with Crippen LogP contribution in [0.4, 0.5) is 35.3 Å². The first-order valence-corrected chi connectivity index (χ1v) is 26.9. The summed E-state index contributed by atoms with van der Waals surface area (Å²) in [7, 11) is 1.27. The quantitative estimate of drug-likeness (QED) is 0.0548. The van der Waals surface area contributed by atoms with E-state index in [1.165, 1.54) is 68.6 Å². The number of nitrogens with zero attached hydrogens (tertiary/aromatic N) is 3. The Balaban J connectivity index is 1.54. The summed E-state index contributed by atoms with van der Waals surface area (Å²) in [5, 5.41) is 83.4. The second kappa shape index (κ2) is 28.3. The lowest BCUT2D eigenvalue weighted by atomic mass is 9.72. The average Bonchev–Trinajstić information content (AvgIpc) is 1.58. The zero-order valence-corrected chi connectivity index (χ0v) is 48.7. The van der Waals surface area contributed by atoms with Gasteiger partial charge in [0.1, 0.15) is 65.8 Å². The summed E-state index contributed by atoms with van der Waals surface area (Å²) in [6.45, 7) is 13.9.